The molecule has 0 saturated heterocycles. The van der Waals surface area contributed by atoms with Crippen molar-refractivity contribution in [2.75, 3.05) is 0 Å². The Morgan fingerprint density at radius 3 is 2.55 bits per heavy atom. The standard InChI is InChI=1S/C14H19N3O4.ClH/c1-8(18)12(14(20)17-21)16-13(19)11-6-9-4-2-3-5-10(9)7-15-11;/h2-5,8,11-12,15,18,21H,6-7H2,1H3,(H,16,19)(H,17,20);1H/t8-,11+,12+;/m1./s1. The van der Waals surface area contributed by atoms with Crippen LogP contribution in [0.3, 0.4) is 0 Å². The Bertz CT molecular complexity index is 539. The molecule has 0 fully saturated rings. The first kappa shape index (κ1) is 18.4. The van der Waals surface area contributed by atoms with E-state index in [4.69, 9.17) is 5.21 Å². The number of amides is 2. The number of aliphatic hydroxyl groups excluding tert-OH is 1. The van der Waals surface area contributed by atoms with Gasteiger partial charge in [-0.25, -0.2) is 5.48 Å². The number of nitrogens with one attached hydrogen (secondary N) is 3. The highest BCUT2D eigenvalue weighted by atomic mass is 35.5. The van der Waals surface area contributed by atoms with Gasteiger partial charge in [-0.2, -0.15) is 0 Å². The molecule has 1 heterocycles. The molecular formula is C14H20ClN3O4. The number of carbonyl (C=O) groups is 2. The maximum Gasteiger partial charge on any atom is 0.268 e. The Morgan fingerprint density at radius 1 is 1.32 bits per heavy atom. The monoisotopic (exact) mass is 329 g/mol. The van der Waals surface area contributed by atoms with Crippen LogP contribution in [0.1, 0.15) is 18.1 Å². The maximum atomic E-state index is 12.2. The van der Waals surface area contributed by atoms with E-state index in [9.17, 15) is 14.7 Å². The maximum absolute atomic E-state index is 12.2. The Labute approximate surface area is 134 Å². The van der Waals surface area contributed by atoms with Crippen LogP contribution in [0, 0.1) is 0 Å². The number of aliphatic hydroxyl groups is 1. The van der Waals surface area contributed by atoms with E-state index < -0.39 is 24.1 Å². The SMILES string of the molecule is C[C@@H](O)[C@H](NC(=O)[C@@H]1Cc2ccccc2CN1)C(=O)NO.Cl. The van der Waals surface area contributed by atoms with Gasteiger partial charge < -0.3 is 15.7 Å². The minimum Gasteiger partial charge on any atom is -0.391 e. The van der Waals surface area contributed by atoms with Crippen molar-refractivity contribution in [3.05, 3.63) is 35.4 Å². The van der Waals surface area contributed by atoms with Gasteiger partial charge in [-0.05, 0) is 24.5 Å². The fourth-order valence-electron chi connectivity index (χ4n) is 2.37. The summed E-state index contributed by atoms with van der Waals surface area (Å²) in [5.74, 6) is -1.24. The highest BCUT2D eigenvalue weighted by Gasteiger charge is 2.30. The second-order valence-electron chi connectivity index (χ2n) is 5.11. The number of fused-ring (bicyclic) bond motifs is 1. The van der Waals surface area contributed by atoms with Gasteiger partial charge in [0.05, 0.1) is 12.1 Å². The highest BCUT2D eigenvalue weighted by molar-refractivity contribution is 5.90. The van der Waals surface area contributed by atoms with Crippen LogP contribution in [0.25, 0.3) is 0 Å². The fourth-order valence-corrected chi connectivity index (χ4v) is 2.37. The summed E-state index contributed by atoms with van der Waals surface area (Å²) < 4.78 is 0. The third kappa shape index (κ3) is 4.17. The van der Waals surface area contributed by atoms with Crippen LogP contribution in [0.2, 0.25) is 0 Å². The molecule has 1 aromatic carbocycles. The molecule has 0 unspecified atom stereocenters. The predicted octanol–water partition coefficient (Wildman–Crippen LogP) is -0.506. The Kier molecular flexibility index (Phi) is 6.76. The number of hydrogen-bond donors (Lipinski definition) is 5. The first-order valence-electron chi connectivity index (χ1n) is 6.75. The van der Waals surface area contributed by atoms with Gasteiger partial charge in [-0.1, -0.05) is 24.3 Å². The van der Waals surface area contributed by atoms with E-state index in [-0.39, 0.29) is 18.3 Å². The van der Waals surface area contributed by atoms with Crippen LogP contribution in [0.15, 0.2) is 24.3 Å². The fraction of sp³-hybridized carbons (Fsp3) is 0.429. The third-order valence-electron chi connectivity index (χ3n) is 3.57. The van der Waals surface area contributed by atoms with Crippen LogP contribution < -0.4 is 16.1 Å². The van der Waals surface area contributed by atoms with Gasteiger partial charge in [0.1, 0.15) is 6.04 Å². The summed E-state index contributed by atoms with van der Waals surface area (Å²) in [5.41, 5.74) is 3.66. The molecule has 5 N–H and O–H groups in total. The van der Waals surface area contributed by atoms with Crippen molar-refractivity contribution in [1.82, 2.24) is 16.1 Å². The lowest BCUT2D eigenvalue weighted by Gasteiger charge is -2.27. The molecule has 2 amide bonds. The minimum atomic E-state index is -1.19. The lowest BCUT2D eigenvalue weighted by atomic mass is 9.95. The molecule has 0 aromatic heterocycles. The second kappa shape index (κ2) is 8.09. The van der Waals surface area contributed by atoms with E-state index in [1.54, 1.807) is 0 Å². The molecule has 0 spiro atoms. The number of benzene rings is 1. The molecule has 8 heteroatoms. The summed E-state index contributed by atoms with van der Waals surface area (Å²) >= 11 is 0. The summed E-state index contributed by atoms with van der Waals surface area (Å²) in [6.45, 7) is 1.93. The van der Waals surface area contributed by atoms with E-state index >= 15 is 0 Å². The van der Waals surface area contributed by atoms with Gasteiger partial charge in [0.15, 0.2) is 0 Å². The number of carbonyl (C=O) groups excluding carboxylic acids is 2. The minimum absolute atomic E-state index is 0. The van der Waals surface area contributed by atoms with Crippen molar-refractivity contribution >= 4 is 24.2 Å². The van der Waals surface area contributed by atoms with Crippen LogP contribution in [0.5, 0.6) is 0 Å². The molecule has 7 nitrogen and oxygen atoms in total. The molecule has 22 heavy (non-hydrogen) atoms. The van der Waals surface area contributed by atoms with Gasteiger partial charge in [-0.15, -0.1) is 12.4 Å². The molecule has 122 valence electrons. The number of hydroxylamine groups is 1. The van der Waals surface area contributed by atoms with Gasteiger partial charge >= 0.3 is 0 Å². The van der Waals surface area contributed by atoms with Crippen LogP contribution in [-0.4, -0.2) is 40.3 Å². The third-order valence-corrected chi connectivity index (χ3v) is 3.57. The largest absolute Gasteiger partial charge is 0.391 e. The molecule has 1 aliphatic heterocycles. The molecule has 3 atom stereocenters. The molecule has 0 radical (unpaired) electrons. The Morgan fingerprint density at radius 2 is 1.95 bits per heavy atom. The molecule has 2 rings (SSSR count). The zero-order valence-electron chi connectivity index (χ0n) is 12.1. The van der Waals surface area contributed by atoms with E-state index in [0.717, 1.165) is 11.1 Å². The summed E-state index contributed by atoms with van der Waals surface area (Å²) in [6, 6.07) is 6.14. The van der Waals surface area contributed by atoms with E-state index in [1.165, 1.54) is 12.4 Å². The van der Waals surface area contributed by atoms with E-state index in [0.29, 0.717) is 13.0 Å². The molecule has 1 aromatic rings. The summed E-state index contributed by atoms with van der Waals surface area (Å²) in [6.07, 6.45) is -0.605. The zero-order chi connectivity index (χ0) is 15.4. The lowest BCUT2D eigenvalue weighted by molar-refractivity contribution is -0.138. The molecule has 0 aliphatic carbocycles. The van der Waals surface area contributed by atoms with Crippen molar-refractivity contribution < 1.29 is 19.9 Å². The molecular weight excluding hydrogens is 310 g/mol. The topological polar surface area (TPSA) is 111 Å². The van der Waals surface area contributed by atoms with Crippen molar-refractivity contribution in [2.45, 2.75) is 38.1 Å². The van der Waals surface area contributed by atoms with E-state index in [2.05, 4.69) is 10.6 Å². The number of halogens is 1. The van der Waals surface area contributed by atoms with Crippen LogP contribution in [0.4, 0.5) is 0 Å². The molecule has 0 bridgehead atoms. The van der Waals surface area contributed by atoms with Crippen molar-refractivity contribution in [3.8, 4) is 0 Å². The first-order valence-corrected chi connectivity index (χ1v) is 6.75. The normalized spacial score (nSPS) is 19.1. The average Bonchev–Trinajstić information content (AvgIpc) is 2.50. The Balaban J connectivity index is 0.00000242. The van der Waals surface area contributed by atoms with Gasteiger partial charge in [0, 0.05) is 6.54 Å². The smallest absolute Gasteiger partial charge is 0.268 e. The van der Waals surface area contributed by atoms with Crippen molar-refractivity contribution in [2.24, 2.45) is 0 Å². The predicted molar refractivity (Wildman–Crippen MR) is 81.6 cm³/mol. The number of hydrogen-bond acceptors (Lipinski definition) is 5. The highest BCUT2D eigenvalue weighted by Crippen LogP contribution is 2.16. The van der Waals surface area contributed by atoms with Gasteiger partial charge in [0.25, 0.3) is 5.91 Å². The molecule has 0 saturated carbocycles. The van der Waals surface area contributed by atoms with E-state index in [1.807, 2.05) is 24.3 Å². The summed E-state index contributed by atoms with van der Waals surface area (Å²) in [5, 5.41) is 23.7. The quantitative estimate of drug-likeness (QED) is 0.377. The van der Waals surface area contributed by atoms with Crippen LogP contribution >= 0.6 is 12.4 Å². The Hall–Kier alpha value is -1.67. The first-order chi connectivity index (χ1) is 10.0. The van der Waals surface area contributed by atoms with Gasteiger partial charge in [0.2, 0.25) is 5.91 Å². The average molecular weight is 330 g/mol. The molecule has 1 aliphatic rings. The van der Waals surface area contributed by atoms with Crippen molar-refractivity contribution in [3.63, 3.8) is 0 Å². The van der Waals surface area contributed by atoms with Crippen LogP contribution in [-0.2, 0) is 22.6 Å². The summed E-state index contributed by atoms with van der Waals surface area (Å²) in [4.78, 5) is 23.6. The zero-order valence-corrected chi connectivity index (χ0v) is 12.9. The lowest BCUT2D eigenvalue weighted by Crippen LogP contribution is -2.57. The van der Waals surface area contributed by atoms with Crippen molar-refractivity contribution in [1.29, 1.82) is 0 Å². The number of rotatable bonds is 4. The van der Waals surface area contributed by atoms with Gasteiger partial charge in [-0.3, -0.25) is 14.8 Å². The second-order valence-corrected chi connectivity index (χ2v) is 5.11. The summed E-state index contributed by atoms with van der Waals surface area (Å²) in [7, 11) is 0.